The summed E-state index contributed by atoms with van der Waals surface area (Å²) in [6, 6.07) is 5.56. The number of aryl methyl sites for hydroxylation is 1. The van der Waals surface area contributed by atoms with E-state index in [1.165, 1.54) is 38.3 Å². The second-order valence-corrected chi connectivity index (χ2v) is 6.16. The van der Waals surface area contributed by atoms with E-state index in [-0.39, 0.29) is 16.9 Å². The number of aromatic amines is 2. The fraction of sp³-hybridized carbons (Fsp3) is 0.154. The van der Waals surface area contributed by atoms with E-state index in [0.29, 0.717) is 0 Å². The highest BCUT2D eigenvalue weighted by Gasteiger charge is 2.22. The average molecular weight is 339 g/mol. The molecule has 9 nitrogen and oxygen atoms in total. The maximum Gasteiger partial charge on any atom is 0.337 e. The minimum atomic E-state index is -4.26. The molecule has 2 aromatic rings. The fourth-order valence-corrected chi connectivity index (χ4v) is 3.23. The lowest BCUT2D eigenvalue weighted by molar-refractivity contribution is 0.0601. The second-order valence-electron chi connectivity index (χ2n) is 4.54. The Labute approximate surface area is 130 Å². The molecular weight excluding hydrogens is 326 g/mol. The smallest absolute Gasteiger partial charge is 0.337 e. The number of aromatic nitrogens is 2. The average Bonchev–Trinajstić information content (AvgIpc) is 2.44. The van der Waals surface area contributed by atoms with Crippen LogP contribution in [0, 0.1) is 6.92 Å². The van der Waals surface area contributed by atoms with Crippen LogP contribution in [0.1, 0.15) is 16.1 Å². The van der Waals surface area contributed by atoms with Gasteiger partial charge in [-0.15, -0.1) is 0 Å². The van der Waals surface area contributed by atoms with Crippen molar-refractivity contribution in [2.24, 2.45) is 0 Å². The predicted molar refractivity (Wildman–Crippen MR) is 81.0 cm³/mol. The van der Waals surface area contributed by atoms with Gasteiger partial charge in [0.2, 0.25) is 0 Å². The molecule has 23 heavy (non-hydrogen) atoms. The summed E-state index contributed by atoms with van der Waals surface area (Å²) in [7, 11) is -3.06. The third-order valence-corrected chi connectivity index (χ3v) is 4.41. The first-order chi connectivity index (χ1) is 10.7. The first-order valence-corrected chi connectivity index (χ1v) is 7.77. The van der Waals surface area contributed by atoms with Gasteiger partial charge < -0.3 is 9.72 Å². The second kappa shape index (κ2) is 6.08. The molecule has 3 N–H and O–H groups in total. The number of benzene rings is 1. The molecule has 0 aliphatic heterocycles. The number of ether oxygens (including phenoxy) is 1. The highest BCUT2D eigenvalue weighted by molar-refractivity contribution is 7.92. The zero-order chi connectivity index (χ0) is 17.2. The summed E-state index contributed by atoms with van der Waals surface area (Å²) in [5.41, 5.74) is -1.74. The number of hydrogen-bond acceptors (Lipinski definition) is 6. The minimum Gasteiger partial charge on any atom is -0.465 e. The Hall–Kier alpha value is -2.88. The summed E-state index contributed by atoms with van der Waals surface area (Å²) in [4.78, 5) is 37.8. The molecule has 0 unspecified atom stereocenters. The number of H-pyrrole nitrogens is 2. The maximum absolute atomic E-state index is 12.3. The predicted octanol–water partition coefficient (Wildman–Crippen LogP) is -0.0410. The van der Waals surface area contributed by atoms with Crippen molar-refractivity contribution in [2.45, 2.75) is 11.8 Å². The highest BCUT2D eigenvalue weighted by Crippen LogP contribution is 2.16. The molecule has 0 aliphatic carbocycles. The van der Waals surface area contributed by atoms with Crippen molar-refractivity contribution < 1.29 is 17.9 Å². The molecule has 10 heteroatoms. The Morgan fingerprint density at radius 1 is 1.22 bits per heavy atom. The Morgan fingerprint density at radius 3 is 2.52 bits per heavy atom. The zero-order valence-electron chi connectivity index (χ0n) is 12.2. The summed E-state index contributed by atoms with van der Waals surface area (Å²) in [5, 5.41) is 0. The molecule has 0 bridgehead atoms. The molecule has 0 spiro atoms. The van der Waals surface area contributed by atoms with E-state index in [4.69, 9.17) is 0 Å². The van der Waals surface area contributed by atoms with Gasteiger partial charge in [0, 0.05) is 11.4 Å². The first-order valence-electron chi connectivity index (χ1n) is 6.29. The van der Waals surface area contributed by atoms with Crippen molar-refractivity contribution in [1.82, 2.24) is 9.97 Å². The van der Waals surface area contributed by atoms with E-state index < -0.39 is 32.1 Å². The van der Waals surface area contributed by atoms with Crippen LogP contribution in [0.4, 0.5) is 5.69 Å². The van der Waals surface area contributed by atoms with Gasteiger partial charge in [0.05, 0.1) is 12.7 Å². The lowest BCUT2D eigenvalue weighted by Crippen LogP contribution is -2.31. The molecule has 0 atom stereocenters. The molecule has 0 fully saturated rings. The van der Waals surface area contributed by atoms with Crippen LogP contribution in [-0.4, -0.2) is 31.5 Å². The van der Waals surface area contributed by atoms with E-state index in [0.717, 1.165) is 0 Å². The van der Waals surface area contributed by atoms with Crippen LogP contribution in [0.2, 0.25) is 0 Å². The number of anilines is 1. The molecule has 1 heterocycles. The van der Waals surface area contributed by atoms with E-state index in [1.807, 2.05) is 4.98 Å². The largest absolute Gasteiger partial charge is 0.465 e. The van der Waals surface area contributed by atoms with Crippen molar-refractivity contribution in [3.63, 3.8) is 0 Å². The topological polar surface area (TPSA) is 138 Å². The summed E-state index contributed by atoms with van der Waals surface area (Å²) in [5.74, 6) is -0.635. The highest BCUT2D eigenvalue weighted by atomic mass is 32.2. The lowest BCUT2D eigenvalue weighted by Gasteiger charge is -2.10. The van der Waals surface area contributed by atoms with Gasteiger partial charge in [0.25, 0.3) is 15.6 Å². The number of carbonyl (C=O) groups excluding carboxylic acids is 1. The van der Waals surface area contributed by atoms with Crippen LogP contribution in [0.5, 0.6) is 0 Å². The molecule has 1 aromatic carbocycles. The number of carbonyl (C=O) groups is 1. The fourth-order valence-electron chi connectivity index (χ4n) is 1.95. The monoisotopic (exact) mass is 339 g/mol. The molecular formula is C13H13N3O6S. The van der Waals surface area contributed by atoms with Crippen LogP contribution in [-0.2, 0) is 14.8 Å². The van der Waals surface area contributed by atoms with Crippen LogP contribution < -0.4 is 16.0 Å². The van der Waals surface area contributed by atoms with Gasteiger partial charge in [-0.25, -0.2) is 18.0 Å². The van der Waals surface area contributed by atoms with Crippen LogP contribution >= 0.6 is 0 Å². The third-order valence-electron chi connectivity index (χ3n) is 2.88. The molecule has 0 aliphatic rings. The molecule has 1 aromatic heterocycles. The summed E-state index contributed by atoms with van der Waals surface area (Å²) in [6.07, 6.45) is 0. The zero-order valence-corrected chi connectivity index (χ0v) is 13.0. The van der Waals surface area contributed by atoms with E-state index in [1.54, 1.807) is 0 Å². The lowest BCUT2D eigenvalue weighted by atomic mass is 10.2. The van der Waals surface area contributed by atoms with Crippen molar-refractivity contribution in [2.75, 3.05) is 11.8 Å². The molecule has 0 amide bonds. The van der Waals surface area contributed by atoms with Gasteiger partial charge in [0.1, 0.15) is 0 Å². The van der Waals surface area contributed by atoms with Crippen LogP contribution in [0.15, 0.2) is 38.8 Å². The van der Waals surface area contributed by atoms with E-state index in [9.17, 15) is 22.8 Å². The molecule has 0 saturated carbocycles. The quantitative estimate of drug-likeness (QED) is 0.668. The molecule has 2 rings (SSSR count). The number of sulfonamides is 1. The molecule has 0 radical (unpaired) electrons. The number of nitrogens with one attached hydrogen (secondary N) is 3. The van der Waals surface area contributed by atoms with Gasteiger partial charge in [-0.3, -0.25) is 14.5 Å². The number of rotatable bonds is 4. The van der Waals surface area contributed by atoms with Crippen molar-refractivity contribution in [1.29, 1.82) is 0 Å². The summed E-state index contributed by atoms with van der Waals surface area (Å²) in [6.45, 7) is 1.29. The molecule has 122 valence electrons. The van der Waals surface area contributed by atoms with Crippen molar-refractivity contribution in [3.05, 3.63) is 56.4 Å². The minimum absolute atomic E-state index is 0.0675. The van der Waals surface area contributed by atoms with E-state index in [2.05, 4.69) is 14.4 Å². The molecule has 0 saturated heterocycles. The normalized spacial score (nSPS) is 11.0. The SMILES string of the molecule is COC(=O)c1cccc(NS(=O)(=O)c2c(C)[nH]c(=O)[nH]c2=O)c1. The Kier molecular flexibility index (Phi) is 4.36. The van der Waals surface area contributed by atoms with Crippen molar-refractivity contribution >= 4 is 21.7 Å². The summed E-state index contributed by atoms with van der Waals surface area (Å²) >= 11 is 0. The van der Waals surface area contributed by atoms with Crippen LogP contribution in [0.3, 0.4) is 0 Å². The summed E-state index contributed by atoms with van der Waals surface area (Å²) < 4.78 is 31.4. The third kappa shape index (κ3) is 3.48. The number of methoxy groups -OCH3 is 1. The van der Waals surface area contributed by atoms with Crippen LogP contribution in [0.25, 0.3) is 0 Å². The Bertz CT molecular complexity index is 974. The number of hydrogen-bond donors (Lipinski definition) is 3. The Balaban J connectivity index is 2.46. The van der Waals surface area contributed by atoms with Crippen molar-refractivity contribution in [3.8, 4) is 0 Å². The van der Waals surface area contributed by atoms with Gasteiger partial charge in [0.15, 0.2) is 4.90 Å². The first kappa shape index (κ1) is 16.5. The van der Waals surface area contributed by atoms with Gasteiger partial charge in [-0.2, -0.15) is 0 Å². The Morgan fingerprint density at radius 2 is 1.91 bits per heavy atom. The standard InChI is InChI=1S/C13H13N3O6S/c1-7-10(11(17)15-13(19)14-7)23(20,21)16-9-5-3-4-8(6-9)12(18)22-2/h3-6,16H,1-2H3,(H2,14,15,17,19). The number of esters is 1. The maximum atomic E-state index is 12.3. The van der Waals surface area contributed by atoms with E-state index >= 15 is 0 Å². The van der Waals surface area contributed by atoms with Gasteiger partial charge in [-0.1, -0.05) is 6.07 Å². The van der Waals surface area contributed by atoms with Gasteiger partial charge in [-0.05, 0) is 25.1 Å². The van der Waals surface area contributed by atoms with Gasteiger partial charge >= 0.3 is 11.7 Å².